The van der Waals surface area contributed by atoms with Gasteiger partial charge in [-0.25, -0.2) is 0 Å². The van der Waals surface area contributed by atoms with Crippen LogP contribution in [0.3, 0.4) is 0 Å². The first-order chi connectivity index (χ1) is 11.7. The van der Waals surface area contributed by atoms with E-state index >= 15 is 0 Å². The van der Waals surface area contributed by atoms with Crippen LogP contribution in [0.4, 0.5) is 5.69 Å². The number of halogens is 1. The highest BCUT2D eigenvalue weighted by atomic mass is 35.5. The second-order valence-electron chi connectivity index (χ2n) is 6.29. The molecule has 4 nitrogen and oxygen atoms in total. The minimum atomic E-state index is 0.745. The second-order valence-corrected chi connectivity index (χ2v) is 6.73. The van der Waals surface area contributed by atoms with Crippen molar-refractivity contribution in [2.45, 2.75) is 26.4 Å². The maximum Gasteiger partial charge on any atom is 0.0675 e. The normalized spacial score (nSPS) is 13.8. The Morgan fingerprint density at radius 1 is 1.12 bits per heavy atom. The van der Waals surface area contributed by atoms with E-state index in [-0.39, 0.29) is 0 Å². The standard InChI is InChI=1S/C19H19ClN4/c1-14-4-7-24(22-14)12-15-8-19(11-21-10-15)23-6-5-16-9-18(20)3-2-17(16)13-23/h2-4,7-11H,5-6,12-13H2,1H3. The summed E-state index contributed by atoms with van der Waals surface area (Å²) >= 11 is 6.10. The van der Waals surface area contributed by atoms with Crippen molar-refractivity contribution in [3.05, 3.63) is 76.3 Å². The Hall–Kier alpha value is -2.33. The molecule has 0 saturated heterocycles. The molecule has 3 heterocycles. The first-order valence-corrected chi connectivity index (χ1v) is 8.51. The molecule has 5 heteroatoms. The third-order valence-electron chi connectivity index (χ3n) is 4.44. The molecule has 1 aromatic carbocycles. The molecule has 0 aliphatic carbocycles. The molecule has 0 radical (unpaired) electrons. The molecule has 0 amide bonds. The first kappa shape index (κ1) is 15.2. The summed E-state index contributed by atoms with van der Waals surface area (Å²) in [5.41, 5.74) is 6.06. The van der Waals surface area contributed by atoms with E-state index in [0.29, 0.717) is 0 Å². The molecule has 122 valence electrons. The minimum Gasteiger partial charge on any atom is -0.366 e. The van der Waals surface area contributed by atoms with Gasteiger partial charge in [0, 0.05) is 30.5 Å². The summed E-state index contributed by atoms with van der Waals surface area (Å²) in [6, 6.07) is 10.4. The van der Waals surface area contributed by atoms with Crippen LogP contribution >= 0.6 is 11.6 Å². The molecule has 0 unspecified atom stereocenters. The van der Waals surface area contributed by atoms with Crippen molar-refractivity contribution in [2.24, 2.45) is 0 Å². The highest BCUT2D eigenvalue weighted by Crippen LogP contribution is 2.26. The van der Waals surface area contributed by atoms with Gasteiger partial charge in [-0.05, 0) is 54.3 Å². The van der Waals surface area contributed by atoms with Gasteiger partial charge in [-0.3, -0.25) is 9.67 Å². The first-order valence-electron chi connectivity index (χ1n) is 8.13. The fraction of sp³-hybridized carbons (Fsp3) is 0.263. The van der Waals surface area contributed by atoms with E-state index < -0.39 is 0 Å². The van der Waals surface area contributed by atoms with Gasteiger partial charge < -0.3 is 4.90 Å². The predicted octanol–water partition coefficient (Wildman–Crippen LogP) is 3.85. The van der Waals surface area contributed by atoms with Gasteiger partial charge in [-0.1, -0.05) is 17.7 Å². The molecule has 0 spiro atoms. The number of aromatic nitrogens is 3. The van der Waals surface area contributed by atoms with E-state index in [4.69, 9.17) is 11.6 Å². The molecule has 1 aliphatic heterocycles. The lowest BCUT2D eigenvalue weighted by molar-refractivity contribution is 0.675. The van der Waals surface area contributed by atoms with Crippen molar-refractivity contribution in [1.29, 1.82) is 0 Å². The van der Waals surface area contributed by atoms with E-state index in [2.05, 4.69) is 33.2 Å². The molecule has 3 aromatic rings. The van der Waals surface area contributed by atoms with Crippen molar-refractivity contribution in [2.75, 3.05) is 11.4 Å². The number of hydrogen-bond acceptors (Lipinski definition) is 3. The van der Waals surface area contributed by atoms with Crippen molar-refractivity contribution in [3.63, 3.8) is 0 Å². The van der Waals surface area contributed by atoms with Gasteiger partial charge in [0.25, 0.3) is 0 Å². The monoisotopic (exact) mass is 338 g/mol. The van der Waals surface area contributed by atoms with E-state index in [9.17, 15) is 0 Å². The Morgan fingerprint density at radius 3 is 2.88 bits per heavy atom. The fourth-order valence-corrected chi connectivity index (χ4v) is 3.41. The Labute approximate surface area is 146 Å². The molecule has 0 bridgehead atoms. The molecule has 4 rings (SSSR count). The average Bonchev–Trinajstić information content (AvgIpc) is 2.99. The predicted molar refractivity (Wildman–Crippen MR) is 96.5 cm³/mol. The van der Waals surface area contributed by atoms with E-state index in [0.717, 1.165) is 48.0 Å². The number of rotatable bonds is 3. The third-order valence-corrected chi connectivity index (χ3v) is 4.68. The summed E-state index contributed by atoms with van der Waals surface area (Å²) in [7, 11) is 0. The molecule has 0 N–H and O–H groups in total. The van der Waals surface area contributed by atoms with Gasteiger partial charge in [0.15, 0.2) is 0 Å². The maximum atomic E-state index is 6.10. The molecule has 24 heavy (non-hydrogen) atoms. The summed E-state index contributed by atoms with van der Waals surface area (Å²) < 4.78 is 1.95. The molecule has 0 atom stereocenters. The van der Waals surface area contributed by atoms with Crippen LogP contribution in [0, 0.1) is 6.92 Å². The summed E-state index contributed by atoms with van der Waals surface area (Å²) in [6.07, 6.45) is 6.87. The third kappa shape index (κ3) is 3.15. The highest BCUT2D eigenvalue weighted by Gasteiger charge is 2.17. The molecule has 0 fully saturated rings. The summed E-state index contributed by atoms with van der Waals surface area (Å²) in [4.78, 5) is 6.81. The lowest BCUT2D eigenvalue weighted by Gasteiger charge is -2.30. The van der Waals surface area contributed by atoms with Gasteiger partial charge in [0.05, 0.1) is 24.1 Å². The topological polar surface area (TPSA) is 34.0 Å². The van der Waals surface area contributed by atoms with Crippen molar-refractivity contribution in [1.82, 2.24) is 14.8 Å². The van der Waals surface area contributed by atoms with Gasteiger partial charge in [0.1, 0.15) is 0 Å². The van der Waals surface area contributed by atoms with Crippen LogP contribution in [0.5, 0.6) is 0 Å². The highest BCUT2D eigenvalue weighted by molar-refractivity contribution is 6.30. The number of nitrogens with zero attached hydrogens (tertiary/aromatic N) is 4. The lowest BCUT2D eigenvalue weighted by atomic mass is 9.99. The number of fused-ring (bicyclic) bond motifs is 1. The molecule has 1 aliphatic rings. The SMILES string of the molecule is Cc1ccn(Cc2cncc(N3CCc4cc(Cl)ccc4C3)c2)n1. The van der Waals surface area contributed by atoms with Crippen LogP contribution < -0.4 is 4.90 Å². The quantitative estimate of drug-likeness (QED) is 0.727. The number of anilines is 1. The van der Waals surface area contributed by atoms with E-state index in [1.54, 1.807) is 0 Å². The Morgan fingerprint density at radius 2 is 2.04 bits per heavy atom. The summed E-state index contributed by atoms with van der Waals surface area (Å²) in [5.74, 6) is 0. The average molecular weight is 339 g/mol. The Kier molecular flexibility index (Phi) is 3.98. The van der Waals surface area contributed by atoms with Crippen LogP contribution in [0.1, 0.15) is 22.4 Å². The molecular weight excluding hydrogens is 320 g/mol. The largest absolute Gasteiger partial charge is 0.366 e. The van der Waals surface area contributed by atoms with Crippen LogP contribution in [0.25, 0.3) is 0 Å². The van der Waals surface area contributed by atoms with Crippen molar-refractivity contribution < 1.29 is 0 Å². The summed E-state index contributed by atoms with van der Waals surface area (Å²) in [5, 5.41) is 5.27. The zero-order chi connectivity index (χ0) is 16.5. The maximum absolute atomic E-state index is 6.10. The zero-order valence-corrected chi connectivity index (χ0v) is 14.4. The Bertz CT molecular complexity index is 871. The van der Waals surface area contributed by atoms with Gasteiger partial charge in [-0.2, -0.15) is 5.10 Å². The van der Waals surface area contributed by atoms with Crippen LogP contribution in [0.15, 0.2) is 48.9 Å². The Balaban J connectivity index is 1.54. The molecule has 0 saturated carbocycles. The van der Waals surface area contributed by atoms with E-state index in [1.165, 1.54) is 11.1 Å². The van der Waals surface area contributed by atoms with Gasteiger partial charge in [0.2, 0.25) is 0 Å². The summed E-state index contributed by atoms with van der Waals surface area (Å²) in [6.45, 7) is 4.63. The molecular formula is C19H19ClN4. The minimum absolute atomic E-state index is 0.745. The van der Waals surface area contributed by atoms with Crippen LogP contribution in [0.2, 0.25) is 5.02 Å². The fourth-order valence-electron chi connectivity index (χ4n) is 3.21. The van der Waals surface area contributed by atoms with Crippen LogP contribution in [-0.2, 0) is 19.5 Å². The lowest BCUT2D eigenvalue weighted by Crippen LogP contribution is -2.30. The van der Waals surface area contributed by atoms with Crippen LogP contribution in [-0.4, -0.2) is 21.3 Å². The number of pyridine rings is 1. The number of hydrogen-bond donors (Lipinski definition) is 0. The number of aryl methyl sites for hydroxylation is 1. The second kappa shape index (κ2) is 6.29. The van der Waals surface area contributed by atoms with Gasteiger partial charge in [-0.15, -0.1) is 0 Å². The molecule has 2 aromatic heterocycles. The number of benzene rings is 1. The van der Waals surface area contributed by atoms with Gasteiger partial charge >= 0.3 is 0 Å². The van der Waals surface area contributed by atoms with E-state index in [1.807, 2.05) is 42.3 Å². The zero-order valence-electron chi connectivity index (χ0n) is 13.6. The van der Waals surface area contributed by atoms with Crippen molar-refractivity contribution >= 4 is 17.3 Å². The smallest absolute Gasteiger partial charge is 0.0675 e. The van der Waals surface area contributed by atoms with Crippen molar-refractivity contribution in [3.8, 4) is 0 Å².